The first-order valence-electron chi connectivity index (χ1n) is 5.30. The van der Waals surface area contributed by atoms with Crippen molar-refractivity contribution in [3.05, 3.63) is 52.2 Å². The molecule has 18 heavy (non-hydrogen) atoms. The molecule has 1 aromatic carbocycles. The van der Waals surface area contributed by atoms with Crippen LogP contribution < -0.4 is 10.2 Å². The summed E-state index contributed by atoms with van der Waals surface area (Å²) in [5, 5.41) is 5.84. The molecule has 2 aromatic rings. The maximum absolute atomic E-state index is 11.8. The third-order valence-corrected chi connectivity index (χ3v) is 3.04. The van der Waals surface area contributed by atoms with Crippen molar-refractivity contribution in [3.8, 4) is 5.75 Å². The number of hydrazone groups is 1. The fourth-order valence-electron chi connectivity index (χ4n) is 1.35. The van der Waals surface area contributed by atoms with Crippen LogP contribution >= 0.6 is 11.3 Å². The number of thiophene rings is 1. The van der Waals surface area contributed by atoms with Crippen molar-refractivity contribution >= 4 is 23.5 Å². The predicted octanol–water partition coefficient (Wildman–Crippen LogP) is 2.52. The van der Waals surface area contributed by atoms with E-state index >= 15 is 0 Å². The molecule has 0 fully saturated rings. The van der Waals surface area contributed by atoms with E-state index in [0.29, 0.717) is 11.3 Å². The Balaban J connectivity index is 1.99. The molecular formula is C13H12N2O2S. The average Bonchev–Trinajstić information content (AvgIpc) is 2.92. The van der Waals surface area contributed by atoms with E-state index in [4.69, 9.17) is 4.74 Å². The summed E-state index contributed by atoms with van der Waals surface area (Å²) in [7, 11) is 1.56. The van der Waals surface area contributed by atoms with Gasteiger partial charge in [-0.1, -0.05) is 12.1 Å². The van der Waals surface area contributed by atoms with Crippen LogP contribution in [-0.2, 0) is 0 Å². The molecule has 1 aromatic heterocycles. The molecule has 0 bridgehead atoms. The monoisotopic (exact) mass is 260 g/mol. The Morgan fingerprint density at radius 1 is 1.39 bits per heavy atom. The number of carbonyl (C=O) groups excluding carboxylic acids is 1. The van der Waals surface area contributed by atoms with E-state index < -0.39 is 0 Å². The molecule has 2 rings (SSSR count). The summed E-state index contributed by atoms with van der Waals surface area (Å²) in [6, 6.07) is 10.8. The minimum absolute atomic E-state index is 0.262. The van der Waals surface area contributed by atoms with Crippen LogP contribution in [0.25, 0.3) is 0 Å². The molecule has 0 radical (unpaired) electrons. The van der Waals surface area contributed by atoms with Crippen molar-refractivity contribution in [3.63, 3.8) is 0 Å². The fraction of sp³-hybridized carbons (Fsp3) is 0.0769. The number of amides is 1. The highest BCUT2D eigenvalue weighted by Crippen LogP contribution is 2.12. The molecule has 0 unspecified atom stereocenters. The predicted molar refractivity (Wildman–Crippen MR) is 72.4 cm³/mol. The minimum Gasteiger partial charge on any atom is -0.497 e. The molecule has 92 valence electrons. The van der Waals surface area contributed by atoms with Gasteiger partial charge in [0.05, 0.1) is 13.3 Å². The van der Waals surface area contributed by atoms with Crippen molar-refractivity contribution in [1.82, 2.24) is 5.43 Å². The van der Waals surface area contributed by atoms with E-state index in [-0.39, 0.29) is 5.91 Å². The molecule has 0 saturated heterocycles. The smallest absolute Gasteiger partial charge is 0.271 e. The van der Waals surface area contributed by atoms with Crippen molar-refractivity contribution in [1.29, 1.82) is 0 Å². The Morgan fingerprint density at radius 2 is 2.28 bits per heavy atom. The van der Waals surface area contributed by atoms with Gasteiger partial charge >= 0.3 is 0 Å². The number of benzene rings is 1. The molecule has 5 heteroatoms. The van der Waals surface area contributed by atoms with E-state index in [2.05, 4.69) is 10.5 Å². The molecule has 0 spiro atoms. The molecule has 0 aliphatic rings. The quantitative estimate of drug-likeness (QED) is 0.678. The standard InChI is InChI=1S/C13H12N2O2S/c1-17-11-5-2-4-10(8-11)13(16)15-14-9-12-6-3-7-18-12/h2-9H,1H3,(H,15,16)/b14-9-. The first kappa shape index (κ1) is 12.3. The lowest BCUT2D eigenvalue weighted by Crippen LogP contribution is -2.17. The molecule has 0 atom stereocenters. The average molecular weight is 260 g/mol. The maximum atomic E-state index is 11.8. The van der Waals surface area contributed by atoms with Gasteiger partial charge < -0.3 is 4.74 Å². The Kier molecular flexibility index (Phi) is 4.09. The topological polar surface area (TPSA) is 50.7 Å². The van der Waals surface area contributed by atoms with Gasteiger partial charge in [0.15, 0.2) is 0 Å². The number of rotatable bonds is 4. The van der Waals surface area contributed by atoms with Gasteiger partial charge in [-0.15, -0.1) is 11.3 Å². The zero-order valence-electron chi connectivity index (χ0n) is 9.79. The van der Waals surface area contributed by atoms with Crippen molar-refractivity contribution in [2.24, 2.45) is 5.10 Å². The van der Waals surface area contributed by atoms with Gasteiger partial charge in [-0.3, -0.25) is 4.79 Å². The largest absolute Gasteiger partial charge is 0.497 e. The number of hydrogen-bond donors (Lipinski definition) is 1. The molecule has 4 nitrogen and oxygen atoms in total. The highest BCUT2D eigenvalue weighted by Gasteiger charge is 2.04. The van der Waals surface area contributed by atoms with Crippen LogP contribution in [0.15, 0.2) is 46.9 Å². The normalized spacial score (nSPS) is 10.5. The van der Waals surface area contributed by atoms with Crippen LogP contribution in [-0.4, -0.2) is 19.2 Å². The Bertz CT molecular complexity index is 550. The van der Waals surface area contributed by atoms with E-state index in [1.54, 1.807) is 48.9 Å². The summed E-state index contributed by atoms with van der Waals surface area (Å²) in [6.07, 6.45) is 1.61. The first-order valence-corrected chi connectivity index (χ1v) is 6.18. The van der Waals surface area contributed by atoms with Gasteiger partial charge in [-0.2, -0.15) is 5.10 Å². The summed E-state index contributed by atoms with van der Waals surface area (Å²) in [4.78, 5) is 12.8. The summed E-state index contributed by atoms with van der Waals surface area (Å²) in [6.45, 7) is 0. The zero-order chi connectivity index (χ0) is 12.8. The molecule has 0 aliphatic carbocycles. The van der Waals surface area contributed by atoms with Crippen molar-refractivity contribution in [2.75, 3.05) is 7.11 Å². The van der Waals surface area contributed by atoms with E-state index in [1.807, 2.05) is 17.5 Å². The van der Waals surface area contributed by atoms with Gasteiger partial charge in [0.1, 0.15) is 5.75 Å². The highest BCUT2D eigenvalue weighted by atomic mass is 32.1. The van der Waals surface area contributed by atoms with Crippen LogP contribution in [0.2, 0.25) is 0 Å². The maximum Gasteiger partial charge on any atom is 0.271 e. The van der Waals surface area contributed by atoms with Gasteiger partial charge in [-0.05, 0) is 29.6 Å². The van der Waals surface area contributed by atoms with Gasteiger partial charge in [0, 0.05) is 10.4 Å². The molecular weight excluding hydrogens is 248 g/mol. The lowest BCUT2D eigenvalue weighted by Gasteiger charge is -2.02. The SMILES string of the molecule is COc1cccc(C(=O)N/N=C\c2cccs2)c1. The molecule has 0 saturated carbocycles. The molecule has 1 amide bonds. The second-order valence-electron chi connectivity index (χ2n) is 3.45. The fourth-order valence-corrected chi connectivity index (χ4v) is 1.93. The van der Waals surface area contributed by atoms with E-state index in [9.17, 15) is 4.79 Å². The molecule has 1 N–H and O–H groups in total. The Labute approximate surface area is 109 Å². The number of hydrogen-bond acceptors (Lipinski definition) is 4. The van der Waals surface area contributed by atoms with Gasteiger partial charge in [0.25, 0.3) is 5.91 Å². The number of methoxy groups -OCH3 is 1. The zero-order valence-corrected chi connectivity index (χ0v) is 10.6. The summed E-state index contributed by atoms with van der Waals surface area (Å²) in [5.74, 6) is 0.381. The number of nitrogens with one attached hydrogen (secondary N) is 1. The van der Waals surface area contributed by atoms with E-state index in [0.717, 1.165) is 4.88 Å². The second kappa shape index (κ2) is 5.97. The second-order valence-corrected chi connectivity index (χ2v) is 4.43. The lowest BCUT2D eigenvalue weighted by molar-refractivity contribution is 0.0955. The summed E-state index contributed by atoms with van der Waals surface area (Å²) >= 11 is 1.56. The van der Waals surface area contributed by atoms with Gasteiger partial charge in [-0.25, -0.2) is 5.43 Å². The van der Waals surface area contributed by atoms with Crippen LogP contribution in [0.1, 0.15) is 15.2 Å². The van der Waals surface area contributed by atoms with Crippen LogP contribution in [0.5, 0.6) is 5.75 Å². The first-order chi connectivity index (χ1) is 8.79. The van der Waals surface area contributed by atoms with Crippen LogP contribution in [0, 0.1) is 0 Å². The minimum atomic E-state index is -0.262. The van der Waals surface area contributed by atoms with Crippen molar-refractivity contribution in [2.45, 2.75) is 0 Å². The number of carbonyl (C=O) groups is 1. The van der Waals surface area contributed by atoms with Crippen LogP contribution in [0.4, 0.5) is 0 Å². The Hall–Kier alpha value is -2.14. The lowest BCUT2D eigenvalue weighted by atomic mass is 10.2. The molecule has 1 heterocycles. The number of nitrogens with zero attached hydrogens (tertiary/aromatic N) is 1. The van der Waals surface area contributed by atoms with E-state index in [1.165, 1.54) is 0 Å². The van der Waals surface area contributed by atoms with Crippen molar-refractivity contribution < 1.29 is 9.53 Å². The Morgan fingerprint density at radius 3 is 3.00 bits per heavy atom. The third kappa shape index (κ3) is 3.18. The highest BCUT2D eigenvalue weighted by molar-refractivity contribution is 7.11. The summed E-state index contributed by atoms with van der Waals surface area (Å²) < 4.78 is 5.05. The molecule has 0 aliphatic heterocycles. The summed E-state index contributed by atoms with van der Waals surface area (Å²) in [5.41, 5.74) is 2.98. The third-order valence-electron chi connectivity index (χ3n) is 2.23. The van der Waals surface area contributed by atoms with Crippen LogP contribution in [0.3, 0.4) is 0 Å². The number of ether oxygens (including phenoxy) is 1. The van der Waals surface area contributed by atoms with Gasteiger partial charge in [0.2, 0.25) is 0 Å².